The lowest BCUT2D eigenvalue weighted by Gasteiger charge is -2.22. The fourth-order valence-corrected chi connectivity index (χ4v) is 2.06. The number of hydrogen-bond acceptors (Lipinski definition) is 5. The maximum atomic E-state index is 11.6. The molecular formula is C12H19N5O4. The summed E-state index contributed by atoms with van der Waals surface area (Å²) in [7, 11) is 0. The van der Waals surface area contributed by atoms with Gasteiger partial charge >= 0.3 is 12.0 Å². The molecule has 0 bridgehead atoms. The van der Waals surface area contributed by atoms with Crippen LogP contribution in [0.5, 0.6) is 0 Å². The third kappa shape index (κ3) is 5.38. The zero-order chi connectivity index (χ0) is 15.1. The number of amides is 2. The van der Waals surface area contributed by atoms with Crippen molar-refractivity contribution in [2.24, 2.45) is 5.92 Å². The SMILES string of the molecule is O=C(O)Cn1cc(CNC(=O)NCC2CCOCC2)nn1. The van der Waals surface area contributed by atoms with E-state index in [4.69, 9.17) is 9.84 Å². The van der Waals surface area contributed by atoms with E-state index in [0.717, 1.165) is 26.1 Å². The van der Waals surface area contributed by atoms with E-state index in [1.54, 1.807) is 0 Å². The summed E-state index contributed by atoms with van der Waals surface area (Å²) in [4.78, 5) is 22.1. The van der Waals surface area contributed by atoms with Crippen molar-refractivity contribution < 1.29 is 19.4 Å². The fourth-order valence-electron chi connectivity index (χ4n) is 2.06. The maximum Gasteiger partial charge on any atom is 0.325 e. The first-order valence-electron chi connectivity index (χ1n) is 6.83. The van der Waals surface area contributed by atoms with E-state index in [1.807, 2.05) is 0 Å². The quantitative estimate of drug-likeness (QED) is 0.657. The fraction of sp³-hybridized carbons (Fsp3) is 0.667. The lowest BCUT2D eigenvalue weighted by Crippen LogP contribution is -2.39. The van der Waals surface area contributed by atoms with Crippen molar-refractivity contribution in [2.75, 3.05) is 19.8 Å². The van der Waals surface area contributed by atoms with Crippen LogP contribution < -0.4 is 10.6 Å². The first-order valence-corrected chi connectivity index (χ1v) is 6.83. The number of urea groups is 1. The molecule has 0 atom stereocenters. The predicted molar refractivity (Wildman–Crippen MR) is 71.4 cm³/mol. The highest BCUT2D eigenvalue weighted by molar-refractivity contribution is 5.73. The van der Waals surface area contributed by atoms with Crippen molar-refractivity contribution in [1.29, 1.82) is 0 Å². The Balaban J connectivity index is 1.66. The molecule has 116 valence electrons. The Hall–Kier alpha value is -2.16. The minimum absolute atomic E-state index is 0.208. The molecule has 0 unspecified atom stereocenters. The van der Waals surface area contributed by atoms with Crippen LogP contribution in [0.25, 0.3) is 0 Å². The van der Waals surface area contributed by atoms with Crippen LogP contribution >= 0.6 is 0 Å². The van der Waals surface area contributed by atoms with Crippen molar-refractivity contribution in [3.8, 4) is 0 Å². The van der Waals surface area contributed by atoms with E-state index in [0.29, 0.717) is 18.2 Å². The molecule has 2 rings (SSSR count). The number of aliphatic carboxylic acids is 1. The van der Waals surface area contributed by atoms with Crippen molar-refractivity contribution in [2.45, 2.75) is 25.9 Å². The first-order chi connectivity index (χ1) is 10.1. The minimum Gasteiger partial charge on any atom is -0.480 e. The van der Waals surface area contributed by atoms with Crippen LogP contribution in [0.1, 0.15) is 18.5 Å². The highest BCUT2D eigenvalue weighted by Crippen LogP contribution is 2.12. The maximum absolute atomic E-state index is 11.6. The van der Waals surface area contributed by atoms with E-state index in [9.17, 15) is 9.59 Å². The zero-order valence-electron chi connectivity index (χ0n) is 11.6. The number of carbonyl (C=O) groups excluding carboxylic acids is 1. The van der Waals surface area contributed by atoms with Gasteiger partial charge in [-0.15, -0.1) is 5.10 Å². The van der Waals surface area contributed by atoms with Gasteiger partial charge in [-0.1, -0.05) is 5.21 Å². The number of carboxylic acids is 1. The third-order valence-corrected chi connectivity index (χ3v) is 3.21. The van der Waals surface area contributed by atoms with Crippen molar-refractivity contribution >= 4 is 12.0 Å². The molecule has 1 aliphatic heterocycles. The Morgan fingerprint density at radius 3 is 2.86 bits per heavy atom. The van der Waals surface area contributed by atoms with Crippen LogP contribution in [0.3, 0.4) is 0 Å². The number of carbonyl (C=O) groups is 2. The molecule has 1 aromatic heterocycles. The number of hydrogen-bond donors (Lipinski definition) is 3. The molecule has 0 spiro atoms. The second-order valence-corrected chi connectivity index (χ2v) is 4.92. The molecule has 1 fully saturated rings. The van der Waals surface area contributed by atoms with E-state index in [2.05, 4.69) is 20.9 Å². The molecule has 1 aliphatic rings. The molecule has 0 aromatic carbocycles. The number of nitrogens with zero attached hydrogens (tertiary/aromatic N) is 3. The largest absolute Gasteiger partial charge is 0.480 e. The van der Waals surface area contributed by atoms with Crippen LogP contribution in [-0.2, 0) is 22.6 Å². The summed E-state index contributed by atoms with van der Waals surface area (Å²) >= 11 is 0. The van der Waals surface area contributed by atoms with Crippen molar-refractivity contribution in [3.63, 3.8) is 0 Å². The van der Waals surface area contributed by atoms with Gasteiger partial charge in [-0.25, -0.2) is 9.48 Å². The van der Waals surface area contributed by atoms with E-state index >= 15 is 0 Å². The predicted octanol–water partition coefficient (Wildman–Crippen LogP) is -0.411. The normalized spacial score (nSPS) is 15.6. The van der Waals surface area contributed by atoms with Gasteiger partial charge < -0.3 is 20.5 Å². The van der Waals surface area contributed by atoms with Gasteiger partial charge in [-0.2, -0.15) is 0 Å². The lowest BCUT2D eigenvalue weighted by atomic mass is 10.0. The number of rotatable bonds is 6. The second-order valence-electron chi connectivity index (χ2n) is 4.92. The molecule has 0 radical (unpaired) electrons. The zero-order valence-corrected chi connectivity index (χ0v) is 11.6. The van der Waals surface area contributed by atoms with Gasteiger partial charge in [-0.3, -0.25) is 4.79 Å². The van der Waals surface area contributed by atoms with Gasteiger partial charge in [0.25, 0.3) is 0 Å². The molecule has 2 amide bonds. The van der Waals surface area contributed by atoms with Gasteiger partial charge in [0, 0.05) is 19.8 Å². The highest BCUT2D eigenvalue weighted by atomic mass is 16.5. The monoisotopic (exact) mass is 297 g/mol. The van der Waals surface area contributed by atoms with Gasteiger partial charge in [0.2, 0.25) is 0 Å². The molecule has 21 heavy (non-hydrogen) atoms. The molecule has 9 heteroatoms. The van der Waals surface area contributed by atoms with Gasteiger partial charge in [0.05, 0.1) is 12.7 Å². The number of ether oxygens (including phenoxy) is 1. The number of aromatic nitrogens is 3. The standard InChI is InChI=1S/C12H19N5O4/c18-11(19)8-17-7-10(15-16-17)6-14-12(20)13-5-9-1-3-21-4-2-9/h7,9H,1-6,8H2,(H,18,19)(H2,13,14,20). The molecule has 0 saturated carbocycles. The Kier molecular flexibility index (Phi) is 5.50. The van der Waals surface area contributed by atoms with Crippen molar-refractivity contribution in [3.05, 3.63) is 11.9 Å². The van der Waals surface area contributed by atoms with Crippen LogP contribution in [0, 0.1) is 5.92 Å². The van der Waals surface area contributed by atoms with Crippen LogP contribution in [0.15, 0.2) is 6.20 Å². The van der Waals surface area contributed by atoms with E-state index in [-0.39, 0.29) is 19.1 Å². The molecule has 0 aliphatic carbocycles. The lowest BCUT2D eigenvalue weighted by molar-refractivity contribution is -0.137. The number of nitrogens with one attached hydrogen (secondary N) is 2. The van der Waals surface area contributed by atoms with Crippen LogP contribution in [0.2, 0.25) is 0 Å². The summed E-state index contributed by atoms with van der Waals surface area (Å²) in [5, 5.41) is 21.5. The molecule has 2 heterocycles. The van der Waals surface area contributed by atoms with E-state index < -0.39 is 5.97 Å². The summed E-state index contributed by atoms with van der Waals surface area (Å²) in [6.07, 6.45) is 3.42. The Morgan fingerprint density at radius 1 is 1.38 bits per heavy atom. The first kappa shape index (κ1) is 15.2. The minimum atomic E-state index is -0.992. The molecule has 9 nitrogen and oxygen atoms in total. The van der Waals surface area contributed by atoms with Gasteiger partial charge in [-0.05, 0) is 18.8 Å². The highest BCUT2D eigenvalue weighted by Gasteiger charge is 2.14. The summed E-state index contributed by atoms with van der Waals surface area (Å²) < 4.78 is 6.46. The third-order valence-electron chi connectivity index (χ3n) is 3.21. The average Bonchev–Trinajstić information content (AvgIpc) is 2.91. The Morgan fingerprint density at radius 2 is 2.14 bits per heavy atom. The van der Waals surface area contributed by atoms with Crippen molar-refractivity contribution in [1.82, 2.24) is 25.6 Å². The molecule has 1 saturated heterocycles. The molecule has 1 aromatic rings. The topological polar surface area (TPSA) is 118 Å². The molecular weight excluding hydrogens is 278 g/mol. The summed E-state index contributed by atoms with van der Waals surface area (Å²) in [6.45, 7) is 2.09. The second kappa shape index (κ2) is 7.58. The summed E-state index contributed by atoms with van der Waals surface area (Å²) in [6, 6.07) is -0.269. The smallest absolute Gasteiger partial charge is 0.325 e. The van der Waals surface area contributed by atoms with E-state index in [1.165, 1.54) is 10.9 Å². The number of carboxylic acid groups (broad SMARTS) is 1. The Bertz CT molecular complexity index is 484. The van der Waals surface area contributed by atoms with Crippen LogP contribution in [-0.4, -0.2) is 51.9 Å². The Labute approximate surface area is 121 Å². The summed E-state index contributed by atoms with van der Waals surface area (Å²) in [5.41, 5.74) is 0.512. The summed E-state index contributed by atoms with van der Waals surface area (Å²) in [5.74, 6) is -0.533. The average molecular weight is 297 g/mol. The van der Waals surface area contributed by atoms with Gasteiger partial charge in [0.1, 0.15) is 12.2 Å². The molecule has 3 N–H and O–H groups in total. The van der Waals surface area contributed by atoms with Gasteiger partial charge in [0.15, 0.2) is 0 Å². The van der Waals surface area contributed by atoms with Crippen LogP contribution in [0.4, 0.5) is 4.79 Å².